The van der Waals surface area contributed by atoms with E-state index >= 15 is 0 Å². The Morgan fingerprint density at radius 1 is 1.03 bits per heavy atom. The average molecular weight is 469 g/mol. The quantitative estimate of drug-likeness (QED) is 0.514. The summed E-state index contributed by atoms with van der Waals surface area (Å²) in [7, 11) is 0. The number of nitrogens with zero attached hydrogens (tertiary/aromatic N) is 1. The first-order valence-corrected chi connectivity index (χ1v) is 11.4. The van der Waals surface area contributed by atoms with E-state index < -0.39 is 5.56 Å². The van der Waals surface area contributed by atoms with Crippen molar-refractivity contribution in [3.05, 3.63) is 73.8 Å². The van der Waals surface area contributed by atoms with Gasteiger partial charge in [0.2, 0.25) is 5.91 Å². The molecule has 1 aliphatic carbocycles. The van der Waals surface area contributed by atoms with Crippen molar-refractivity contribution in [1.82, 2.24) is 15.1 Å². The fourth-order valence-electron chi connectivity index (χ4n) is 4.13. The van der Waals surface area contributed by atoms with E-state index in [2.05, 4.69) is 15.7 Å². The second-order valence-corrected chi connectivity index (χ2v) is 8.65. The molecule has 1 aliphatic rings. The molecule has 4 rings (SSSR count). The van der Waals surface area contributed by atoms with Gasteiger partial charge in [-0.2, -0.15) is 0 Å². The molecule has 1 fully saturated rings. The number of halogens is 1. The predicted octanol–water partition coefficient (Wildman–Crippen LogP) is 3.43. The Bertz CT molecular complexity index is 1310. The number of anilines is 1. The molecule has 0 saturated heterocycles. The first-order chi connectivity index (χ1) is 15.9. The van der Waals surface area contributed by atoms with E-state index in [1.807, 2.05) is 0 Å². The van der Waals surface area contributed by atoms with Gasteiger partial charge in [0, 0.05) is 18.2 Å². The molecular weight excluding hydrogens is 444 g/mol. The molecule has 0 spiro atoms. The maximum atomic E-state index is 12.7. The lowest BCUT2D eigenvalue weighted by atomic mass is 9.95. The summed E-state index contributed by atoms with van der Waals surface area (Å²) in [6, 6.07) is 11.4. The zero-order valence-corrected chi connectivity index (χ0v) is 18.8. The third-order valence-electron chi connectivity index (χ3n) is 5.88. The maximum absolute atomic E-state index is 12.7. The van der Waals surface area contributed by atoms with Gasteiger partial charge in [-0.15, -0.1) is 0 Å². The molecule has 172 valence electrons. The molecule has 3 N–H and O–H groups in total. The number of hydrogen-bond donors (Lipinski definition) is 3. The first-order valence-electron chi connectivity index (χ1n) is 11.0. The van der Waals surface area contributed by atoms with Crippen LogP contribution >= 0.6 is 11.6 Å². The summed E-state index contributed by atoms with van der Waals surface area (Å²) in [5.74, 6) is -0.625. The van der Waals surface area contributed by atoms with Crippen molar-refractivity contribution < 1.29 is 9.59 Å². The second kappa shape index (κ2) is 10.0. The van der Waals surface area contributed by atoms with Crippen molar-refractivity contribution in [2.45, 2.75) is 51.1 Å². The van der Waals surface area contributed by atoms with E-state index in [9.17, 15) is 19.2 Å². The minimum Gasteiger partial charge on any atom is -0.349 e. The van der Waals surface area contributed by atoms with Gasteiger partial charge in [-0.25, -0.2) is 4.68 Å². The third kappa shape index (κ3) is 5.34. The minimum atomic E-state index is -0.392. The summed E-state index contributed by atoms with van der Waals surface area (Å²) in [5.41, 5.74) is -0.0317. The number of carbonyl (C=O) groups excluding carboxylic acids is 2. The van der Waals surface area contributed by atoms with Crippen LogP contribution in [0.2, 0.25) is 5.02 Å². The van der Waals surface area contributed by atoms with Crippen LogP contribution in [-0.4, -0.2) is 27.6 Å². The van der Waals surface area contributed by atoms with Gasteiger partial charge in [-0.05, 0) is 43.2 Å². The van der Waals surface area contributed by atoms with Crippen molar-refractivity contribution in [2.75, 3.05) is 5.32 Å². The molecule has 1 saturated carbocycles. The molecule has 0 atom stereocenters. The van der Waals surface area contributed by atoms with Gasteiger partial charge in [0.15, 0.2) is 0 Å². The van der Waals surface area contributed by atoms with Crippen LogP contribution in [0, 0.1) is 0 Å². The molecular formula is C24H25ClN4O4. The second-order valence-electron chi connectivity index (χ2n) is 8.24. The van der Waals surface area contributed by atoms with E-state index in [0.717, 1.165) is 30.4 Å². The summed E-state index contributed by atoms with van der Waals surface area (Å²) >= 11 is 6.22. The van der Waals surface area contributed by atoms with E-state index in [1.54, 1.807) is 42.5 Å². The lowest BCUT2D eigenvalue weighted by Gasteiger charge is -2.23. The molecule has 0 radical (unpaired) electrons. The van der Waals surface area contributed by atoms with Crippen LogP contribution in [0.4, 0.5) is 5.69 Å². The summed E-state index contributed by atoms with van der Waals surface area (Å²) in [6.45, 7) is 0.00730. The van der Waals surface area contributed by atoms with Crippen molar-refractivity contribution in [2.24, 2.45) is 0 Å². The molecule has 0 unspecified atom stereocenters. The van der Waals surface area contributed by atoms with E-state index in [-0.39, 0.29) is 36.4 Å². The number of hydrogen-bond acceptors (Lipinski definition) is 4. The standard InChI is InChI=1S/C24H25ClN4O4/c25-20-11-10-16(14-19(20)22(31)27-15-6-2-1-3-7-15)26-21(30)12-13-29-24(33)18-9-5-4-8-17(18)23(32)28-29/h4-5,8-11,14-15H,1-3,6-7,12-13H2,(H,26,30)(H,27,31)(H,28,32). The average Bonchev–Trinajstić information content (AvgIpc) is 2.82. The number of aromatic amines is 1. The third-order valence-corrected chi connectivity index (χ3v) is 6.21. The smallest absolute Gasteiger partial charge is 0.273 e. The monoisotopic (exact) mass is 468 g/mol. The molecule has 3 aromatic rings. The number of amides is 2. The maximum Gasteiger partial charge on any atom is 0.273 e. The van der Waals surface area contributed by atoms with E-state index in [4.69, 9.17) is 11.6 Å². The molecule has 8 nitrogen and oxygen atoms in total. The molecule has 33 heavy (non-hydrogen) atoms. The number of aryl methyl sites for hydroxylation is 1. The fourth-order valence-corrected chi connectivity index (χ4v) is 4.33. The van der Waals surface area contributed by atoms with Crippen LogP contribution < -0.4 is 21.8 Å². The van der Waals surface area contributed by atoms with E-state index in [1.165, 1.54) is 6.42 Å². The zero-order chi connectivity index (χ0) is 23.4. The minimum absolute atomic E-state index is 0.00730. The Balaban J connectivity index is 1.42. The van der Waals surface area contributed by atoms with Crippen molar-refractivity contribution in [3.8, 4) is 0 Å². The van der Waals surface area contributed by atoms with Crippen LogP contribution in [0.15, 0.2) is 52.1 Å². The number of nitrogens with one attached hydrogen (secondary N) is 3. The molecule has 2 amide bonds. The molecule has 2 aromatic carbocycles. The molecule has 0 aliphatic heterocycles. The summed E-state index contributed by atoms with van der Waals surface area (Å²) < 4.78 is 1.13. The van der Waals surface area contributed by atoms with Gasteiger partial charge in [-0.1, -0.05) is 43.0 Å². The number of carbonyl (C=O) groups is 2. The topological polar surface area (TPSA) is 113 Å². The van der Waals surface area contributed by atoms with Gasteiger partial charge in [0.1, 0.15) is 0 Å². The summed E-state index contributed by atoms with van der Waals surface area (Å²) in [6.07, 6.45) is 5.25. The Kier molecular flexibility index (Phi) is 6.93. The lowest BCUT2D eigenvalue weighted by molar-refractivity contribution is -0.116. The number of aromatic nitrogens is 2. The molecule has 9 heteroatoms. The Labute approximate surface area is 194 Å². The van der Waals surface area contributed by atoms with Gasteiger partial charge < -0.3 is 10.6 Å². The Morgan fingerprint density at radius 3 is 2.52 bits per heavy atom. The summed E-state index contributed by atoms with van der Waals surface area (Å²) in [5, 5.41) is 9.17. The van der Waals surface area contributed by atoms with E-state index in [0.29, 0.717) is 27.0 Å². The number of fused-ring (bicyclic) bond motifs is 1. The largest absolute Gasteiger partial charge is 0.349 e. The Morgan fingerprint density at radius 2 is 1.76 bits per heavy atom. The van der Waals surface area contributed by atoms with Gasteiger partial charge in [-0.3, -0.25) is 24.3 Å². The van der Waals surface area contributed by atoms with Crippen molar-refractivity contribution in [1.29, 1.82) is 0 Å². The highest BCUT2D eigenvalue weighted by atomic mass is 35.5. The number of rotatable bonds is 6. The molecule has 0 bridgehead atoms. The van der Waals surface area contributed by atoms with Crippen LogP contribution in [-0.2, 0) is 11.3 Å². The summed E-state index contributed by atoms with van der Waals surface area (Å²) in [4.78, 5) is 49.9. The SMILES string of the molecule is O=C(CCn1[nH]c(=O)c2ccccc2c1=O)Nc1ccc(Cl)c(C(=O)NC2CCCCC2)c1. The molecule has 1 aromatic heterocycles. The van der Waals surface area contributed by atoms with Crippen LogP contribution in [0.3, 0.4) is 0 Å². The fraction of sp³-hybridized carbons (Fsp3) is 0.333. The van der Waals surface area contributed by atoms with Crippen molar-refractivity contribution in [3.63, 3.8) is 0 Å². The highest BCUT2D eigenvalue weighted by Gasteiger charge is 2.19. The van der Waals surface area contributed by atoms with Crippen LogP contribution in [0.25, 0.3) is 10.8 Å². The zero-order valence-electron chi connectivity index (χ0n) is 18.0. The Hall–Kier alpha value is -3.39. The highest BCUT2D eigenvalue weighted by molar-refractivity contribution is 6.34. The normalized spacial score (nSPS) is 14.2. The lowest BCUT2D eigenvalue weighted by Crippen LogP contribution is -2.36. The van der Waals surface area contributed by atoms with Gasteiger partial charge in [0.05, 0.1) is 27.9 Å². The van der Waals surface area contributed by atoms with Crippen LogP contribution in [0.1, 0.15) is 48.9 Å². The predicted molar refractivity (Wildman–Crippen MR) is 128 cm³/mol. The number of benzene rings is 2. The first kappa shape index (κ1) is 22.8. The van der Waals surface area contributed by atoms with Crippen LogP contribution in [0.5, 0.6) is 0 Å². The van der Waals surface area contributed by atoms with Gasteiger partial charge >= 0.3 is 0 Å². The van der Waals surface area contributed by atoms with Gasteiger partial charge in [0.25, 0.3) is 17.0 Å². The highest BCUT2D eigenvalue weighted by Crippen LogP contribution is 2.23. The molecule has 1 heterocycles. The number of H-pyrrole nitrogens is 1. The van der Waals surface area contributed by atoms with Crippen molar-refractivity contribution >= 4 is 39.9 Å².